The Kier molecular flexibility index (Phi) is 12.0. The van der Waals surface area contributed by atoms with Crippen LogP contribution in [0, 0.1) is 11.7 Å². The van der Waals surface area contributed by atoms with Gasteiger partial charge in [-0.15, -0.1) is 0 Å². The summed E-state index contributed by atoms with van der Waals surface area (Å²) < 4.78 is 45.4. The number of piperazine rings is 1. The number of nitrogens with zero attached hydrogens (tertiary/aromatic N) is 2. The molecule has 2 heterocycles. The van der Waals surface area contributed by atoms with Gasteiger partial charge in [0.25, 0.3) is 5.91 Å². The molecule has 0 spiro atoms. The number of aliphatic hydroxyl groups excluding tert-OH is 1. The summed E-state index contributed by atoms with van der Waals surface area (Å²) in [7, 11) is 1.97. The first-order valence-electron chi connectivity index (χ1n) is 15.8. The van der Waals surface area contributed by atoms with Crippen LogP contribution in [0.15, 0.2) is 41.3 Å². The molecule has 1 aromatic carbocycles. The summed E-state index contributed by atoms with van der Waals surface area (Å²) in [5, 5.41) is 17.8. The molecule has 252 valence electrons. The van der Waals surface area contributed by atoms with E-state index >= 15 is 13.2 Å². The highest BCUT2D eigenvalue weighted by Crippen LogP contribution is 2.31. The van der Waals surface area contributed by atoms with Gasteiger partial charge >= 0.3 is 5.92 Å². The summed E-state index contributed by atoms with van der Waals surface area (Å²) in [5.41, 5.74) is -1.12. The number of halogens is 3. The lowest BCUT2D eigenvalue weighted by Gasteiger charge is -2.35. The van der Waals surface area contributed by atoms with Gasteiger partial charge < -0.3 is 30.5 Å². The van der Waals surface area contributed by atoms with Crippen molar-refractivity contribution in [3.63, 3.8) is 0 Å². The Morgan fingerprint density at radius 3 is 2.37 bits per heavy atom. The van der Waals surface area contributed by atoms with Gasteiger partial charge in [0, 0.05) is 44.0 Å². The average Bonchev–Trinajstić information content (AvgIpc) is 3.04. The van der Waals surface area contributed by atoms with Gasteiger partial charge in [-0.05, 0) is 62.4 Å². The number of alkyl halides is 2. The minimum Gasteiger partial charge on any atom is -0.379 e. The van der Waals surface area contributed by atoms with E-state index < -0.39 is 58.9 Å². The van der Waals surface area contributed by atoms with E-state index in [4.69, 9.17) is 0 Å². The van der Waals surface area contributed by atoms with Gasteiger partial charge in [0.2, 0.25) is 17.4 Å². The monoisotopic (exact) mass is 648 g/mol. The molecular formula is C32H43F3N6O5. The maximum atomic E-state index is 15.4. The molecule has 1 aliphatic carbocycles. The molecule has 1 unspecified atom stereocenters. The number of aromatic amines is 1. The molecule has 1 aliphatic heterocycles. The number of pyridine rings is 1. The molecule has 2 fully saturated rings. The fourth-order valence-electron chi connectivity index (χ4n) is 5.88. The molecular weight excluding hydrogens is 605 g/mol. The fourth-order valence-corrected chi connectivity index (χ4v) is 5.88. The Morgan fingerprint density at radius 1 is 1.07 bits per heavy atom. The summed E-state index contributed by atoms with van der Waals surface area (Å²) in [5.74, 6) is -8.03. The SMILES string of the molecule is CCC(O)N[C@H](Cc1ccc(NC(=O)[C@@H](NC(=O)C(F)(F)c2ccc(=O)[nH]c2)C2CCCCC2)c(F)c1)C(=O)N1CCN(C)CC1. The molecule has 2 aliphatic rings. The molecule has 14 heteroatoms. The molecule has 1 saturated carbocycles. The molecule has 5 N–H and O–H groups in total. The number of aliphatic hydroxyl groups is 1. The molecule has 0 bridgehead atoms. The van der Waals surface area contributed by atoms with Gasteiger partial charge in [-0.2, -0.15) is 8.78 Å². The topological polar surface area (TPSA) is 147 Å². The zero-order chi connectivity index (χ0) is 33.4. The summed E-state index contributed by atoms with van der Waals surface area (Å²) in [6.07, 6.45) is 3.69. The highest BCUT2D eigenvalue weighted by atomic mass is 19.3. The molecule has 4 rings (SSSR count). The van der Waals surface area contributed by atoms with Crippen LogP contribution in [0.2, 0.25) is 0 Å². The smallest absolute Gasteiger partial charge is 0.351 e. The zero-order valence-corrected chi connectivity index (χ0v) is 26.2. The van der Waals surface area contributed by atoms with E-state index in [1.54, 1.807) is 17.9 Å². The number of anilines is 1. The first-order valence-corrected chi connectivity index (χ1v) is 15.8. The van der Waals surface area contributed by atoms with Crippen LogP contribution >= 0.6 is 0 Å². The van der Waals surface area contributed by atoms with E-state index in [1.165, 1.54) is 12.1 Å². The Labute approximate surface area is 265 Å². The second-order valence-electron chi connectivity index (χ2n) is 12.1. The maximum absolute atomic E-state index is 15.4. The molecule has 0 radical (unpaired) electrons. The Bertz CT molecular complexity index is 1400. The number of hydrogen-bond donors (Lipinski definition) is 5. The van der Waals surface area contributed by atoms with Crippen LogP contribution in [0.1, 0.15) is 56.6 Å². The van der Waals surface area contributed by atoms with Gasteiger partial charge in [0.05, 0.1) is 11.7 Å². The van der Waals surface area contributed by atoms with Crippen molar-refractivity contribution in [3.8, 4) is 0 Å². The Hall–Kier alpha value is -3.75. The number of benzene rings is 1. The van der Waals surface area contributed by atoms with E-state index in [0.29, 0.717) is 51.0 Å². The van der Waals surface area contributed by atoms with Crippen LogP contribution in [-0.4, -0.2) is 89.2 Å². The molecule has 2 aromatic rings. The Balaban J connectivity index is 1.48. The summed E-state index contributed by atoms with van der Waals surface area (Å²) in [4.78, 5) is 56.8. The van der Waals surface area contributed by atoms with Gasteiger partial charge in [-0.25, -0.2) is 4.39 Å². The standard InChI is InChI=1S/C32H43F3N6O5/c1-3-26(42)37-25(30(45)41-15-13-40(2)14-16-41)18-20-9-11-24(23(33)17-20)38-29(44)28(21-7-5-4-6-8-21)39-31(46)32(34,35)22-10-12-27(43)36-19-22/h9-12,17,19,21,25-26,28,37,42H,3-8,13-16,18H2,1-2H3,(H,36,43)(H,38,44)(H,39,46)/t25-,26?,28+/m1/s1. The van der Waals surface area contributed by atoms with Crippen molar-refractivity contribution in [2.45, 2.75) is 76.1 Å². The van der Waals surface area contributed by atoms with Crippen molar-refractivity contribution in [1.82, 2.24) is 25.4 Å². The van der Waals surface area contributed by atoms with E-state index in [-0.39, 0.29) is 18.0 Å². The number of hydrogen-bond acceptors (Lipinski definition) is 7. The second kappa shape index (κ2) is 15.7. The first-order chi connectivity index (χ1) is 21.9. The minimum absolute atomic E-state index is 0.0774. The van der Waals surface area contributed by atoms with Crippen molar-refractivity contribution < 1.29 is 32.7 Å². The Morgan fingerprint density at radius 2 is 1.76 bits per heavy atom. The number of H-pyrrole nitrogens is 1. The van der Waals surface area contributed by atoms with Crippen molar-refractivity contribution in [3.05, 3.63) is 63.8 Å². The first kappa shape index (κ1) is 35.1. The van der Waals surface area contributed by atoms with Crippen molar-refractivity contribution >= 4 is 23.4 Å². The number of nitrogens with one attached hydrogen (secondary N) is 4. The normalized spacial score (nSPS) is 18.4. The third-order valence-corrected chi connectivity index (χ3v) is 8.75. The maximum Gasteiger partial charge on any atom is 0.351 e. The summed E-state index contributed by atoms with van der Waals surface area (Å²) >= 11 is 0. The third-order valence-electron chi connectivity index (χ3n) is 8.75. The third kappa shape index (κ3) is 8.95. The number of rotatable bonds is 12. The van der Waals surface area contributed by atoms with Crippen molar-refractivity contribution in [1.29, 1.82) is 0 Å². The van der Waals surface area contributed by atoms with Crippen LogP contribution < -0.4 is 21.5 Å². The number of aromatic nitrogens is 1. The van der Waals surface area contributed by atoms with Crippen LogP contribution in [0.3, 0.4) is 0 Å². The fraction of sp³-hybridized carbons (Fsp3) is 0.562. The largest absolute Gasteiger partial charge is 0.379 e. The minimum atomic E-state index is -4.04. The zero-order valence-electron chi connectivity index (χ0n) is 26.2. The molecule has 1 saturated heterocycles. The highest BCUT2D eigenvalue weighted by molar-refractivity contribution is 5.98. The van der Waals surface area contributed by atoms with Gasteiger partial charge in [0.15, 0.2) is 0 Å². The highest BCUT2D eigenvalue weighted by Gasteiger charge is 2.44. The van der Waals surface area contributed by atoms with E-state index in [2.05, 4.69) is 25.8 Å². The van der Waals surface area contributed by atoms with E-state index in [9.17, 15) is 24.3 Å². The average molecular weight is 649 g/mol. The number of amides is 3. The number of likely N-dealkylation sites (N-methyl/N-ethyl adjacent to an activating group) is 1. The molecule has 3 atom stereocenters. The van der Waals surface area contributed by atoms with E-state index in [0.717, 1.165) is 37.6 Å². The molecule has 1 aromatic heterocycles. The lowest BCUT2D eigenvalue weighted by molar-refractivity contribution is -0.149. The lowest BCUT2D eigenvalue weighted by Crippen LogP contribution is -2.55. The quantitative estimate of drug-likeness (QED) is 0.222. The van der Waals surface area contributed by atoms with Gasteiger partial charge in [-0.1, -0.05) is 32.3 Å². The predicted octanol–water partition coefficient (Wildman–Crippen LogP) is 2.31. The molecule has 3 amide bonds. The summed E-state index contributed by atoms with van der Waals surface area (Å²) in [6.45, 7) is 4.25. The van der Waals surface area contributed by atoms with E-state index in [1.807, 2.05) is 7.05 Å². The van der Waals surface area contributed by atoms with Gasteiger partial charge in [0.1, 0.15) is 18.1 Å². The van der Waals surface area contributed by atoms with Crippen molar-refractivity contribution in [2.24, 2.45) is 5.92 Å². The van der Waals surface area contributed by atoms with Crippen molar-refractivity contribution in [2.75, 3.05) is 38.5 Å². The van der Waals surface area contributed by atoms with Crippen LogP contribution in [-0.2, 0) is 26.7 Å². The number of carbonyl (C=O) groups is 3. The summed E-state index contributed by atoms with van der Waals surface area (Å²) in [6, 6.07) is 3.59. The molecule has 11 nitrogen and oxygen atoms in total. The van der Waals surface area contributed by atoms with Crippen LogP contribution in [0.4, 0.5) is 18.9 Å². The molecule has 46 heavy (non-hydrogen) atoms. The lowest BCUT2D eigenvalue weighted by atomic mass is 9.83. The number of carbonyl (C=O) groups excluding carboxylic acids is 3. The van der Waals surface area contributed by atoms with Gasteiger partial charge in [-0.3, -0.25) is 24.5 Å². The van der Waals surface area contributed by atoms with Crippen LogP contribution in [0.25, 0.3) is 0 Å². The predicted molar refractivity (Wildman–Crippen MR) is 165 cm³/mol. The van der Waals surface area contributed by atoms with Crippen LogP contribution in [0.5, 0.6) is 0 Å². The second-order valence-corrected chi connectivity index (χ2v) is 12.1.